The van der Waals surface area contributed by atoms with Gasteiger partial charge in [0, 0.05) is 89.8 Å². The van der Waals surface area contributed by atoms with Crippen molar-refractivity contribution in [2.45, 2.75) is 0 Å². The minimum atomic E-state index is -0.768. The molecule has 0 fully saturated rings. The molecule has 86 heavy (non-hydrogen) atoms. The van der Waals surface area contributed by atoms with E-state index in [2.05, 4.69) is 55.6 Å². The summed E-state index contributed by atoms with van der Waals surface area (Å²) < 4.78 is 11.1. The second kappa shape index (κ2) is 26.5. The number of terminal acetylenes is 4. The van der Waals surface area contributed by atoms with E-state index in [4.69, 9.17) is 35.2 Å². The topological polar surface area (TPSA) is 227 Å². The van der Waals surface area contributed by atoms with Crippen LogP contribution in [-0.4, -0.2) is 47.4 Å². The second-order valence-electron chi connectivity index (χ2n) is 18.6. The number of amides is 6. The number of benzene rings is 9. The minimum Gasteiger partial charge on any atom is -0.423 e. The molecule has 0 aliphatic rings. The standard InChI is InChI=1S/C70H44N6O10/c1-5-43-13-9-17-55(33-43)71-65(79)51-37-52(66(80)72-56-18-10-14-44(6-2)34-56)40-59(39-51)75-63(77)47-21-25-49(26-22-47)69(83)85-61-29-31-62(32-30-61)86-70(84)50-27-23-48(24-28-50)64(78)76-60-41-53(67(81)73-57-19-11-15-45(7-3)35-57)38-54(42-60)68(82)74-58-20-12-16-46(8-4)36-58/h1-4,9-42H,(H,71,79)(H,72,80)(H,73,81)(H,74,82)(H,75,77)(H,76,78). The third-order valence-electron chi connectivity index (χ3n) is 12.6. The molecular weight excluding hydrogens is 1080 g/mol. The second-order valence-corrected chi connectivity index (χ2v) is 18.6. The number of rotatable bonds is 16. The molecule has 414 valence electrons. The van der Waals surface area contributed by atoms with Crippen LogP contribution in [0.3, 0.4) is 0 Å². The molecule has 0 aliphatic heterocycles. The fraction of sp³-hybridized carbons (Fsp3) is 0. The zero-order valence-corrected chi connectivity index (χ0v) is 45.0. The third-order valence-corrected chi connectivity index (χ3v) is 12.6. The lowest BCUT2D eigenvalue weighted by Crippen LogP contribution is -2.18. The van der Waals surface area contributed by atoms with Gasteiger partial charge in [0.15, 0.2) is 0 Å². The summed E-state index contributed by atoms with van der Waals surface area (Å²) in [6, 6.07) is 51.5. The van der Waals surface area contributed by atoms with Crippen molar-refractivity contribution in [3.8, 4) is 60.9 Å². The first-order valence-corrected chi connectivity index (χ1v) is 25.8. The Kier molecular flexibility index (Phi) is 17.8. The highest BCUT2D eigenvalue weighted by Crippen LogP contribution is 2.25. The van der Waals surface area contributed by atoms with Gasteiger partial charge in [-0.15, -0.1) is 25.7 Å². The van der Waals surface area contributed by atoms with E-state index in [-0.39, 0.29) is 67.4 Å². The molecule has 0 unspecified atom stereocenters. The third kappa shape index (κ3) is 14.9. The lowest BCUT2D eigenvalue weighted by Gasteiger charge is -2.13. The molecule has 0 aliphatic carbocycles. The van der Waals surface area contributed by atoms with Crippen LogP contribution in [0.2, 0.25) is 0 Å². The van der Waals surface area contributed by atoms with E-state index in [0.29, 0.717) is 45.0 Å². The molecule has 0 aromatic heterocycles. The number of anilines is 6. The number of carbonyl (C=O) groups is 8. The average molecular weight is 1130 g/mol. The van der Waals surface area contributed by atoms with Crippen LogP contribution in [0.15, 0.2) is 206 Å². The fourth-order valence-corrected chi connectivity index (χ4v) is 8.31. The minimum absolute atomic E-state index is 0.0390. The van der Waals surface area contributed by atoms with E-state index < -0.39 is 47.4 Å². The quantitative estimate of drug-likeness (QED) is 0.0305. The zero-order valence-electron chi connectivity index (χ0n) is 45.0. The largest absolute Gasteiger partial charge is 0.423 e. The molecular formula is C70H44N6O10. The van der Waals surface area contributed by atoms with E-state index in [9.17, 15) is 38.4 Å². The van der Waals surface area contributed by atoms with Gasteiger partial charge >= 0.3 is 11.9 Å². The first kappa shape index (κ1) is 57.7. The van der Waals surface area contributed by atoms with Crippen LogP contribution in [0.25, 0.3) is 0 Å². The Labute approximate surface area is 493 Å². The Hall–Kier alpha value is -13.0. The van der Waals surface area contributed by atoms with Crippen LogP contribution in [-0.2, 0) is 0 Å². The molecule has 16 heteroatoms. The summed E-state index contributed by atoms with van der Waals surface area (Å²) in [5.41, 5.74) is 4.56. The summed E-state index contributed by atoms with van der Waals surface area (Å²) in [4.78, 5) is 108. The fourth-order valence-electron chi connectivity index (χ4n) is 8.31. The Morgan fingerprint density at radius 3 is 0.744 bits per heavy atom. The molecule has 0 saturated carbocycles. The van der Waals surface area contributed by atoms with Crippen molar-refractivity contribution < 1.29 is 47.8 Å². The number of esters is 2. The zero-order chi connectivity index (χ0) is 60.7. The number of nitrogens with one attached hydrogen (secondary N) is 6. The monoisotopic (exact) mass is 1130 g/mol. The van der Waals surface area contributed by atoms with Crippen molar-refractivity contribution in [1.82, 2.24) is 0 Å². The maximum absolute atomic E-state index is 13.6. The van der Waals surface area contributed by atoms with Gasteiger partial charge in [-0.05, 0) is 182 Å². The van der Waals surface area contributed by atoms with Gasteiger partial charge in [-0.1, -0.05) is 47.9 Å². The smallest absolute Gasteiger partial charge is 0.343 e. The van der Waals surface area contributed by atoms with Crippen LogP contribution < -0.4 is 41.4 Å². The summed E-state index contributed by atoms with van der Waals surface area (Å²) >= 11 is 0. The molecule has 6 amide bonds. The lowest BCUT2D eigenvalue weighted by molar-refractivity contribution is 0.0719. The number of hydrogen-bond acceptors (Lipinski definition) is 10. The van der Waals surface area contributed by atoms with Crippen molar-refractivity contribution in [2.75, 3.05) is 31.9 Å². The number of carbonyl (C=O) groups excluding carboxylic acids is 8. The van der Waals surface area contributed by atoms with Crippen molar-refractivity contribution in [3.63, 3.8) is 0 Å². The van der Waals surface area contributed by atoms with Crippen molar-refractivity contribution in [2.24, 2.45) is 0 Å². The van der Waals surface area contributed by atoms with Gasteiger partial charge in [-0.25, -0.2) is 9.59 Å². The average Bonchev–Trinajstić information content (AvgIpc) is 3.13. The van der Waals surface area contributed by atoms with Crippen LogP contribution in [0, 0.1) is 49.4 Å². The SMILES string of the molecule is C#Cc1cccc(NC(=O)c2cc(NC(=O)c3ccc(C(=O)Oc4ccc(OC(=O)c5ccc(C(=O)Nc6cc(C(=O)Nc7cccc(C#C)c7)cc(C(=O)Nc7cccc(C#C)c7)c6)cc5)cc4)cc3)cc(C(=O)Nc3cccc(C#C)c3)c2)c1. The molecule has 16 nitrogen and oxygen atoms in total. The Morgan fingerprint density at radius 2 is 0.488 bits per heavy atom. The van der Waals surface area contributed by atoms with Gasteiger partial charge in [-0.2, -0.15) is 0 Å². The molecule has 9 rings (SSSR count). The first-order chi connectivity index (χ1) is 41.6. The summed E-state index contributed by atoms with van der Waals surface area (Å²) in [7, 11) is 0. The number of ether oxygens (including phenoxy) is 2. The number of hydrogen-bond donors (Lipinski definition) is 6. The Morgan fingerprint density at radius 1 is 0.256 bits per heavy atom. The van der Waals surface area contributed by atoms with E-state index in [0.717, 1.165) is 0 Å². The Balaban J connectivity index is 0.811. The van der Waals surface area contributed by atoms with Crippen molar-refractivity contribution in [1.29, 1.82) is 0 Å². The van der Waals surface area contributed by atoms with Gasteiger partial charge in [0.25, 0.3) is 35.4 Å². The van der Waals surface area contributed by atoms with E-state index >= 15 is 0 Å². The summed E-state index contributed by atoms with van der Waals surface area (Å²) in [6.45, 7) is 0. The molecule has 0 bridgehead atoms. The predicted octanol–water partition coefficient (Wildman–Crippen LogP) is 11.6. The van der Waals surface area contributed by atoms with E-state index in [1.807, 2.05) is 0 Å². The van der Waals surface area contributed by atoms with Crippen LogP contribution in [0.1, 0.15) is 105 Å². The molecule has 9 aromatic carbocycles. The maximum atomic E-state index is 13.6. The normalized spacial score (nSPS) is 10.2. The maximum Gasteiger partial charge on any atom is 0.343 e. The van der Waals surface area contributed by atoms with E-state index in [1.165, 1.54) is 109 Å². The molecule has 0 heterocycles. The van der Waals surface area contributed by atoms with Crippen LogP contribution in [0.4, 0.5) is 34.1 Å². The molecule has 6 N–H and O–H groups in total. The van der Waals surface area contributed by atoms with Gasteiger partial charge in [-0.3, -0.25) is 28.8 Å². The van der Waals surface area contributed by atoms with Crippen molar-refractivity contribution in [3.05, 3.63) is 273 Å². The van der Waals surface area contributed by atoms with Crippen molar-refractivity contribution >= 4 is 81.5 Å². The molecule has 0 spiro atoms. The van der Waals surface area contributed by atoms with Gasteiger partial charge < -0.3 is 41.4 Å². The first-order valence-electron chi connectivity index (χ1n) is 25.8. The Bertz CT molecular complexity index is 3930. The molecule has 0 atom stereocenters. The highest BCUT2D eigenvalue weighted by Gasteiger charge is 2.20. The van der Waals surface area contributed by atoms with Gasteiger partial charge in [0.05, 0.1) is 11.1 Å². The summed E-state index contributed by atoms with van der Waals surface area (Å²) in [5, 5.41) is 16.5. The lowest BCUT2D eigenvalue weighted by atomic mass is 10.1. The summed E-state index contributed by atoms with van der Waals surface area (Å²) in [5.74, 6) is 5.09. The predicted molar refractivity (Wildman–Crippen MR) is 327 cm³/mol. The van der Waals surface area contributed by atoms with Gasteiger partial charge in [0.1, 0.15) is 11.5 Å². The molecule has 0 radical (unpaired) electrons. The highest BCUT2D eigenvalue weighted by molar-refractivity contribution is 6.13. The summed E-state index contributed by atoms with van der Waals surface area (Å²) in [6.07, 6.45) is 22.1. The van der Waals surface area contributed by atoms with Crippen LogP contribution in [0.5, 0.6) is 11.5 Å². The van der Waals surface area contributed by atoms with Crippen LogP contribution >= 0.6 is 0 Å². The molecule has 9 aromatic rings. The highest BCUT2D eigenvalue weighted by atomic mass is 16.5. The molecule has 0 saturated heterocycles. The van der Waals surface area contributed by atoms with Gasteiger partial charge in [0.2, 0.25) is 0 Å². The van der Waals surface area contributed by atoms with E-state index in [1.54, 1.807) is 97.1 Å².